The van der Waals surface area contributed by atoms with Gasteiger partial charge >= 0.3 is 0 Å². The lowest BCUT2D eigenvalue weighted by Gasteiger charge is -2.30. The van der Waals surface area contributed by atoms with Crippen LogP contribution in [0.4, 0.5) is 0 Å². The zero-order valence-corrected chi connectivity index (χ0v) is 23.2. The lowest BCUT2D eigenvalue weighted by molar-refractivity contribution is -0.133. The fourth-order valence-corrected chi connectivity index (χ4v) is 5.10. The summed E-state index contributed by atoms with van der Waals surface area (Å²) in [4.78, 5) is 34.5. The second kappa shape index (κ2) is 11.6. The lowest BCUT2D eigenvalue weighted by atomic mass is 9.83. The molecule has 204 valence electrons. The number of carbonyl (C=O) groups is 2. The number of hydrogen-bond acceptors (Lipinski definition) is 6. The third kappa shape index (κ3) is 6.23. The van der Waals surface area contributed by atoms with Crippen molar-refractivity contribution in [3.8, 4) is 5.75 Å². The predicted octanol–water partition coefficient (Wildman–Crippen LogP) is 4.34. The topological polar surface area (TPSA) is 113 Å². The summed E-state index contributed by atoms with van der Waals surface area (Å²) in [5, 5.41) is 8.60. The predicted molar refractivity (Wildman–Crippen MR) is 149 cm³/mol. The number of piperidine rings is 1. The first kappa shape index (κ1) is 27.8. The maximum absolute atomic E-state index is 13.7. The summed E-state index contributed by atoms with van der Waals surface area (Å²) >= 11 is 0. The lowest BCUT2D eigenvalue weighted by Crippen LogP contribution is -2.35. The van der Waals surface area contributed by atoms with E-state index in [0.717, 1.165) is 53.8 Å². The van der Waals surface area contributed by atoms with Crippen LogP contribution in [0, 0.1) is 12.3 Å². The number of nitrogens with one attached hydrogen (secondary N) is 1. The molecule has 4 rings (SSSR count). The molecule has 0 spiro atoms. The van der Waals surface area contributed by atoms with Gasteiger partial charge in [-0.05, 0) is 62.8 Å². The fraction of sp³-hybridized carbons (Fsp3) is 0.533. The van der Waals surface area contributed by atoms with Crippen molar-refractivity contribution in [3.63, 3.8) is 0 Å². The molecule has 3 N–H and O–H groups in total. The highest BCUT2D eigenvalue weighted by Crippen LogP contribution is 2.37. The van der Waals surface area contributed by atoms with Gasteiger partial charge in [-0.15, -0.1) is 0 Å². The standard InChI is InChI=1S/C30H41N5O3/c1-20-10-11-21-17-35(29(32)27(21)33-20)19-25(36)22-15-23(18-34-13-7-5-9-26(34)37)28(38-14-8-6-12-31)24(16-22)30(2,3)4/h10-11,15-16,32H,5-9,12-14,17-19,31H2,1-4H3. The highest BCUT2D eigenvalue weighted by molar-refractivity contribution is 6.04. The van der Waals surface area contributed by atoms with E-state index >= 15 is 0 Å². The van der Waals surface area contributed by atoms with Gasteiger partial charge in [0.25, 0.3) is 0 Å². The van der Waals surface area contributed by atoms with Crippen LogP contribution in [0.25, 0.3) is 0 Å². The molecule has 0 aliphatic carbocycles. The van der Waals surface area contributed by atoms with E-state index in [1.165, 1.54) is 0 Å². The summed E-state index contributed by atoms with van der Waals surface area (Å²) in [6.45, 7) is 11.1. The van der Waals surface area contributed by atoms with E-state index in [1.807, 2.05) is 36.1 Å². The number of aromatic nitrogens is 1. The molecule has 1 aromatic heterocycles. The number of nitrogens with two attached hydrogens (primary N) is 1. The number of carbonyl (C=O) groups excluding carboxylic acids is 2. The van der Waals surface area contributed by atoms with E-state index in [1.54, 1.807) is 4.90 Å². The Kier molecular flexibility index (Phi) is 8.51. The van der Waals surface area contributed by atoms with Crippen molar-refractivity contribution in [2.75, 3.05) is 26.2 Å². The van der Waals surface area contributed by atoms with E-state index in [0.29, 0.717) is 50.5 Å². The van der Waals surface area contributed by atoms with Crippen molar-refractivity contribution in [3.05, 3.63) is 57.9 Å². The number of likely N-dealkylation sites (tertiary alicyclic amines) is 1. The molecule has 38 heavy (non-hydrogen) atoms. The first-order chi connectivity index (χ1) is 18.1. The Hall–Kier alpha value is -3.26. The Morgan fingerprint density at radius 1 is 1.16 bits per heavy atom. The minimum absolute atomic E-state index is 0.0642. The number of aryl methyl sites for hydroxylation is 1. The SMILES string of the molecule is Cc1ccc2c(n1)C(=N)N(CC(=O)c1cc(CN3CCCCC3=O)c(OCCCCN)c(C(C)(C)C)c1)C2. The Morgan fingerprint density at radius 2 is 1.95 bits per heavy atom. The normalized spacial score (nSPS) is 15.7. The van der Waals surface area contributed by atoms with Gasteiger partial charge in [-0.2, -0.15) is 0 Å². The van der Waals surface area contributed by atoms with Crippen molar-refractivity contribution in [1.29, 1.82) is 5.41 Å². The Bertz CT molecular complexity index is 1220. The van der Waals surface area contributed by atoms with Crippen molar-refractivity contribution in [1.82, 2.24) is 14.8 Å². The van der Waals surface area contributed by atoms with E-state index in [-0.39, 0.29) is 29.5 Å². The zero-order chi connectivity index (χ0) is 27.4. The molecule has 3 heterocycles. The van der Waals surface area contributed by atoms with Crippen LogP contribution in [-0.2, 0) is 23.3 Å². The fourth-order valence-electron chi connectivity index (χ4n) is 5.10. The molecule has 2 aliphatic rings. The summed E-state index contributed by atoms with van der Waals surface area (Å²) in [6.07, 6.45) is 4.17. The van der Waals surface area contributed by atoms with Crippen LogP contribution in [0.1, 0.15) is 91.3 Å². The Labute approximate surface area is 226 Å². The molecule has 1 fully saturated rings. The number of amides is 1. The number of unbranched alkanes of at least 4 members (excludes halogenated alkanes) is 1. The quantitative estimate of drug-likeness (QED) is 0.357. The van der Waals surface area contributed by atoms with Crippen LogP contribution in [0.15, 0.2) is 24.3 Å². The van der Waals surface area contributed by atoms with Crippen LogP contribution in [0.3, 0.4) is 0 Å². The number of hydrogen-bond donors (Lipinski definition) is 2. The molecular formula is C30H41N5O3. The highest BCUT2D eigenvalue weighted by atomic mass is 16.5. The molecule has 0 bridgehead atoms. The second-order valence-corrected chi connectivity index (χ2v) is 11.5. The minimum Gasteiger partial charge on any atom is -0.493 e. The number of nitrogens with zero attached hydrogens (tertiary/aromatic N) is 3. The summed E-state index contributed by atoms with van der Waals surface area (Å²) in [5.41, 5.74) is 10.3. The molecule has 8 nitrogen and oxygen atoms in total. The molecule has 1 aromatic carbocycles. The number of ketones is 1. The highest BCUT2D eigenvalue weighted by Gasteiger charge is 2.30. The maximum Gasteiger partial charge on any atom is 0.222 e. The smallest absolute Gasteiger partial charge is 0.222 e. The molecule has 0 unspecified atom stereocenters. The van der Waals surface area contributed by atoms with Gasteiger partial charge < -0.3 is 20.3 Å². The number of ether oxygens (including phenoxy) is 1. The summed E-state index contributed by atoms with van der Waals surface area (Å²) < 4.78 is 6.35. The molecule has 0 atom stereocenters. The Balaban J connectivity index is 1.66. The zero-order valence-electron chi connectivity index (χ0n) is 23.2. The summed E-state index contributed by atoms with van der Waals surface area (Å²) in [5.74, 6) is 1.13. The van der Waals surface area contributed by atoms with Crippen molar-refractivity contribution >= 4 is 17.5 Å². The van der Waals surface area contributed by atoms with Gasteiger partial charge in [0, 0.05) is 54.0 Å². The number of benzene rings is 1. The van der Waals surface area contributed by atoms with Crippen LogP contribution in [0.5, 0.6) is 5.75 Å². The van der Waals surface area contributed by atoms with Gasteiger partial charge in [0.05, 0.1) is 13.2 Å². The number of pyridine rings is 1. The number of Topliss-reactive ketones (excluding diaryl/α,β-unsaturated/α-hetero) is 1. The first-order valence-electron chi connectivity index (χ1n) is 13.7. The van der Waals surface area contributed by atoms with Crippen LogP contribution in [-0.4, -0.2) is 58.6 Å². The molecule has 2 aliphatic heterocycles. The van der Waals surface area contributed by atoms with Gasteiger partial charge in [-0.1, -0.05) is 26.8 Å². The van der Waals surface area contributed by atoms with Gasteiger partial charge in [-0.3, -0.25) is 15.0 Å². The summed E-state index contributed by atoms with van der Waals surface area (Å²) in [7, 11) is 0. The van der Waals surface area contributed by atoms with Crippen LogP contribution < -0.4 is 10.5 Å². The van der Waals surface area contributed by atoms with Gasteiger partial charge in [0.2, 0.25) is 5.91 Å². The van der Waals surface area contributed by atoms with Crippen LogP contribution in [0.2, 0.25) is 0 Å². The monoisotopic (exact) mass is 519 g/mol. The molecule has 8 heteroatoms. The number of rotatable bonds is 10. The van der Waals surface area contributed by atoms with E-state index < -0.39 is 0 Å². The van der Waals surface area contributed by atoms with E-state index in [4.69, 9.17) is 15.9 Å². The third-order valence-electron chi connectivity index (χ3n) is 7.28. The van der Waals surface area contributed by atoms with Gasteiger partial charge in [0.1, 0.15) is 17.3 Å². The molecule has 0 saturated carbocycles. The summed E-state index contributed by atoms with van der Waals surface area (Å²) in [6, 6.07) is 7.76. The van der Waals surface area contributed by atoms with Gasteiger partial charge in [0.15, 0.2) is 5.78 Å². The average molecular weight is 520 g/mol. The average Bonchev–Trinajstić information content (AvgIpc) is 3.17. The van der Waals surface area contributed by atoms with Crippen LogP contribution >= 0.6 is 0 Å². The minimum atomic E-state index is -0.280. The van der Waals surface area contributed by atoms with Crippen molar-refractivity contribution < 1.29 is 14.3 Å². The maximum atomic E-state index is 13.7. The van der Waals surface area contributed by atoms with E-state index in [9.17, 15) is 9.59 Å². The molecule has 1 saturated heterocycles. The number of fused-ring (bicyclic) bond motifs is 1. The Morgan fingerprint density at radius 3 is 2.66 bits per heavy atom. The van der Waals surface area contributed by atoms with Crippen molar-refractivity contribution in [2.24, 2.45) is 5.73 Å². The molecule has 0 radical (unpaired) electrons. The molecule has 1 amide bonds. The number of amidine groups is 1. The molecule has 2 aromatic rings. The molecular weight excluding hydrogens is 478 g/mol. The second-order valence-electron chi connectivity index (χ2n) is 11.5. The largest absolute Gasteiger partial charge is 0.493 e. The van der Waals surface area contributed by atoms with Gasteiger partial charge in [-0.25, -0.2) is 4.98 Å². The van der Waals surface area contributed by atoms with Crippen molar-refractivity contribution in [2.45, 2.75) is 78.3 Å². The first-order valence-corrected chi connectivity index (χ1v) is 13.7. The third-order valence-corrected chi connectivity index (χ3v) is 7.28. The van der Waals surface area contributed by atoms with E-state index in [2.05, 4.69) is 25.8 Å².